The quantitative estimate of drug-likeness (QED) is 0.0782. The highest BCUT2D eigenvalue weighted by Crippen LogP contribution is 2.25. The maximum atomic E-state index is 8.82. The number of aromatic nitrogens is 6. The van der Waals surface area contributed by atoms with Gasteiger partial charge in [-0.2, -0.15) is 10.2 Å². The van der Waals surface area contributed by atoms with Gasteiger partial charge in [0.25, 0.3) is 0 Å². The number of halogens is 1. The van der Waals surface area contributed by atoms with Gasteiger partial charge in [0, 0.05) is 80.0 Å². The molecule has 18 heteroatoms. The van der Waals surface area contributed by atoms with Crippen molar-refractivity contribution in [3.63, 3.8) is 0 Å². The molecule has 3 saturated heterocycles. The Hall–Kier alpha value is -6.36. The van der Waals surface area contributed by atoms with Crippen LogP contribution in [0, 0.1) is 25.2 Å². The molecule has 3 atom stereocenters. The third-order valence-electron chi connectivity index (χ3n) is 10.0. The summed E-state index contributed by atoms with van der Waals surface area (Å²) in [7, 11) is 1.54. The van der Waals surface area contributed by atoms with Gasteiger partial charge in [0.15, 0.2) is 0 Å². The maximum absolute atomic E-state index is 8.82. The summed E-state index contributed by atoms with van der Waals surface area (Å²) >= 11 is 5.93. The van der Waals surface area contributed by atoms with E-state index in [0.29, 0.717) is 34.6 Å². The molecule has 6 N–H and O–H groups in total. The number of aryl methyl sites for hydroxylation is 2. The van der Waals surface area contributed by atoms with E-state index < -0.39 is 0 Å². The summed E-state index contributed by atoms with van der Waals surface area (Å²) in [6.07, 6.45) is 1.91. The Morgan fingerprint density at radius 2 is 1.03 bits per heavy atom. The van der Waals surface area contributed by atoms with E-state index in [2.05, 4.69) is 73.9 Å². The van der Waals surface area contributed by atoms with E-state index in [9.17, 15) is 0 Å². The largest absolute Gasteiger partial charge is 0.481 e. The Kier molecular flexibility index (Phi) is 16.7. The monoisotopic (exact) mass is 885 g/mol. The number of hydrogen-bond acceptors (Lipinski definition) is 17. The molecule has 0 aliphatic carbocycles. The summed E-state index contributed by atoms with van der Waals surface area (Å²) < 4.78 is 22.3. The van der Waals surface area contributed by atoms with E-state index >= 15 is 0 Å². The standard InChI is InChI=1S/C16H20N4O.C15H17ClN4O2.C15H15N5O/c1-11-9-12(2)19-16(18-11)20-14-5-3-13(4-6-14)15-10-17-7-8-21-15;1-21-14-8-13(16)19-15(20-14)18-11-4-2-10(3-5-11)12-9-17-6-7-22-12;16-9-13-5-6-18-15(20-13)19-12-3-1-11(2-4-12)14-10-17-7-8-21-14/h3-6,9,15,17H,7-8,10H2,1-2H3,(H,18,19,20);2-5,8,12,17H,6-7,9H2,1H3,(H,18,19,20);1-6,14,17H,7-8,10H2,(H,18,19,20)/t15-;12-;14-/m000/s1. The van der Waals surface area contributed by atoms with Crippen LogP contribution < -0.4 is 36.6 Å². The van der Waals surface area contributed by atoms with Gasteiger partial charge >= 0.3 is 0 Å². The van der Waals surface area contributed by atoms with Gasteiger partial charge in [-0.15, -0.1) is 0 Å². The van der Waals surface area contributed by atoms with Crippen molar-refractivity contribution in [3.8, 4) is 11.9 Å². The molecule has 0 radical (unpaired) electrons. The van der Waals surface area contributed by atoms with Crippen LogP contribution >= 0.6 is 11.6 Å². The number of ether oxygens (including phenoxy) is 4. The van der Waals surface area contributed by atoms with E-state index in [1.54, 1.807) is 18.3 Å². The lowest BCUT2D eigenvalue weighted by molar-refractivity contribution is 0.0276. The van der Waals surface area contributed by atoms with Crippen LogP contribution in [0.4, 0.5) is 34.9 Å². The first-order valence-corrected chi connectivity index (χ1v) is 21.4. The van der Waals surface area contributed by atoms with Crippen molar-refractivity contribution in [3.05, 3.63) is 136 Å². The Morgan fingerprint density at radius 1 is 0.594 bits per heavy atom. The van der Waals surface area contributed by atoms with Gasteiger partial charge < -0.3 is 50.8 Å². The number of benzene rings is 3. The second-order valence-electron chi connectivity index (χ2n) is 14.8. The van der Waals surface area contributed by atoms with Crippen LogP contribution in [0.25, 0.3) is 0 Å². The minimum Gasteiger partial charge on any atom is -0.481 e. The number of nitrogens with one attached hydrogen (secondary N) is 6. The predicted molar refractivity (Wildman–Crippen MR) is 246 cm³/mol. The summed E-state index contributed by atoms with van der Waals surface area (Å²) in [6.45, 7) is 11.5. The number of methoxy groups -OCH3 is 1. The first-order valence-electron chi connectivity index (χ1n) is 21.0. The molecule has 17 nitrogen and oxygen atoms in total. The molecule has 0 amide bonds. The molecule has 0 bridgehead atoms. The third-order valence-corrected chi connectivity index (χ3v) is 10.2. The van der Waals surface area contributed by atoms with Crippen LogP contribution in [0.1, 0.15) is 52.1 Å². The van der Waals surface area contributed by atoms with Gasteiger partial charge in [-0.05, 0) is 79.1 Å². The number of rotatable bonds is 10. The van der Waals surface area contributed by atoms with Crippen molar-refractivity contribution >= 4 is 46.5 Å². The molecule has 6 heterocycles. The molecule has 332 valence electrons. The molecule has 0 saturated carbocycles. The minimum atomic E-state index is 0.102. The van der Waals surface area contributed by atoms with Crippen molar-refractivity contribution in [1.82, 2.24) is 45.9 Å². The molecule has 0 spiro atoms. The minimum absolute atomic E-state index is 0.102. The highest BCUT2D eigenvalue weighted by atomic mass is 35.5. The topological polar surface area (TPSA) is 210 Å². The second-order valence-corrected chi connectivity index (χ2v) is 15.2. The average molecular weight is 886 g/mol. The smallest absolute Gasteiger partial charge is 0.231 e. The molecule has 64 heavy (non-hydrogen) atoms. The zero-order valence-electron chi connectivity index (χ0n) is 36.0. The Morgan fingerprint density at radius 3 is 1.44 bits per heavy atom. The molecule has 6 aromatic rings. The molecule has 0 unspecified atom stereocenters. The lowest BCUT2D eigenvalue weighted by Gasteiger charge is -2.24. The molecular formula is C46H52ClN13O4. The fourth-order valence-corrected chi connectivity index (χ4v) is 7.06. The van der Waals surface area contributed by atoms with Crippen LogP contribution in [0.5, 0.6) is 5.88 Å². The van der Waals surface area contributed by atoms with Crippen LogP contribution in [-0.4, -0.2) is 96.1 Å². The molecule has 3 aliphatic heterocycles. The van der Waals surface area contributed by atoms with Crippen LogP contribution in [0.15, 0.2) is 97.2 Å². The second kappa shape index (κ2) is 23.4. The molecular weight excluding hydrogens is 834 g/mol. The van der Waals surface area contributed by atoms with E-state index in [1.165, 1.54) is 12.7 Å². The Bertz CT molecular complexity index is 2400. The van der Waals surface area contributed by atoms with Gasteiger partial charge in [0.1, 0.15) is 16.9 Å². The lowest BCUT2D eigenvalue weighted by atomic mass is 10.1. The Balaban J connectivity index is 0.000000144. The van der Waals surface area contributed by atoms with Gasteiger partial charge in [-0.3, -0.25) is 0 Å². The van der Waals surface area contributed by atoms with Crippen LogP contribution in [-0.2, 0) is 14.2 Å². The summed E-state index contributed by atoms with van der Waals surface area (Å²) in [5, 5.41) is 28.5. The summed E-state index contributed by atoms with van der Waals surface area (Å²) in [6, 6.07) is 31.3. The first kappa shape index (κ1) is 45.7. The maximum Gasteiger partial charge on any atom is 0.231 e. The first-order chi connectivity index (χ1) is 31.3. The number of nitriles is 1. The van der Waals surface area contributed by atoms with E-state index in [0.717, 1.165) is 98.7 Å². The number of anilines is 6. The average Bonchev–Trinajstić information content (AvgIpc) is 3.33. The fraction of sp³-hybridized carbons (Fsp3) is 0.326. The predicted octanol–water partition coefficient (Wildman–Crippen LogP) is 6.79. The molecule has 3 aromatic heterocycles. The Labute approximate surface area is 377 Å². The number of nitrogens with zero attached hydrogens (tertiary/aromatic N) is 7. The highest BCUT2D eigenvalue weighted by molar-refractivity contribution is 6.29. The lowest BCUT2D eigenvalue weighted by Crippen LogP contribution is -2.33. The molecule has 3 aromatic carbocycles. The van der Waals surface area contributed by atoms with Crippen molar-refractivity contribution in [1.29, 1.82) is 5.26 Å². The van der Waals surface area contributed by atoms with Crippen molar-refractivity contribution in [2.75, 3.05) is 82.1 Å². The number of morpholine rings is 3. The van der Waals surface area contributed by atoms with Gasteiger partial charge in [0.2, 0.25) is 23.7 Å². The summed E-state index contributed by atoms with van der Waals surface area (Å²) in [5.41, 5.74) is 8.45. The van der Waals surface area contributed by atoms with Crippen molar-refractivity contribution < 1.29 is 18.9 Å². The summed E-state index contributed by atoms with van der Waals surface area (Å²) in [4.78, 5) is 25.3. The molecule has 3 fully saturated rings. The molecule has 3 aliphatic rings. The van der Waals surface area contributed by atoms with Crippen LogP contribution in [0.3, 0.4) is 0 Å². The van der Waals surface area contributed by atoms with Gasteiger partial charge in [-0.1, -0.05) is 48.0 Å². The fourth-order valence-electron chi connectivity index (χ4n) is 6.89. The zero-order valence-corrected chi connectivity index (χ0v) is 36.7. The van der Waals surface area contributed by atoms with Gasteiger partial charge in [0.05, 0.1) is 45.2 Å². The van der Waals surface area contributed by atoms with Crippen molar-refractivity contribution in [2.45, 2.75) is 32.2 Å². The van der Waals surface area contributed by atoms with E-state index in [-0.39, 0.29) is 18.3 Å². The van der Waals surface area contributed by atoms with E-state index in [4.69, 9.17) is 35.8 Å². The van der Waals surface area contributed by atoms with E-state index in [1.807, 2.05) is 86.6 Å². The highest BCUT2D eigenvalue weighted by Gasteiger charge is 2.18. The van der Waals surface area contributed by atoms with Crippen LogP contribution in [0.2, 0.25) is 5.15 Å². The SMILES string of the molecule is COc1cc(Cl)nc(Nc2ccc([C@@H]3CNCCO3)cc2)n1.Cc1cc(C)nc(Nc2ccc([C@@H]3CNCCO3)cc2)n1.N#Cc1ccnc(Nc2ccc([C@@H]3CNCCO3)cc2)n1. The number of hydrogen-bond donors (Lipinski definition) is 6. The summed E-state index contributed by atoms with van der Waals surface area (Å²) in [5.74, 6) is 1.86. The van der Waals surface area contributed by atoms with Gasteiger partial charge in [-0.25, -0.2) is 24.9 Å². The molecule has 9 rings (SSSR count). The third kappa shape index (κ3) is 13.8. The van der Waals surface area contributed by atoms with Crippen molar-refractivity contribution in [2.24, 2.45) is 0 Å². The zero-order chi connectivity index (χ0) is 44.5. The normalized spacial score (nSPS) is 18.1.